The number of ketones is 2. The topological polar surface area (TPSA) is 71.4 Å². The van der Waals surface area contributed by atoms with Gasteiger partial charge in [0, 0.05) is 0 Å². The lowest BCUT2D eigenvalue weighted by atomic mass is 9.96. The van der Waals surface area contributed by atoms with Gasteiger partial charge in [-0.15, -0.1) is 11.6 Å². The van der Waals surface area contributed by atoms with Crippen LogP contribution in [0, 0.1) is 0 Å². The van der Waals surface area contributed by atoms with Crippen molar-refractivity contribution in [1.82, 2.24) is 0 Å². The van der Waals surface area contributed by atoms with Gasteiger partial charge in [0.1, 0.15) is 0 Å². The first kappa shape index (κ1) is 11.1. The molecule has 0 amide bonds. The fourth-order valence-corrected chi connectivity index (χ4v) is 0.820. The number of aliphatic carboxylic acids is 1. The molecule has 0 fully saturated rings. The van der Waals surface area contributed by atoms with Crippen molar-refractivity contribution in [2.45, 2.75) is 25.1 Å². The number of hydrogen-bond donors (Lipinski definition) is 1. The molecule has 1 N–H and O–H groups in total. The summed E-state index contributed by atoms with van der Waals surface area (Å²) in [5.41, 5.74) is 0. The summed E-state index contributed by atoms with van der Waals surface area (Å²) in [5.74, 6) is -2.55. The van der Waals surface area contributed by atoms with Gasteiger partial charge in [-0.2, -0.15) is 0 Å². The Labute approximate surface area is 74.5 Å². The zero-order valence-corrected chi connectivity index (χ0v) is 7.51. The number of halogens is 1. The van der Waals surface area contributed by atoms with Crippen LogP contribution in [0.15, 0.2) is 0 Å². The Morgan fingerprint density at radius 1 is 1.25 bits per heavy atom. The first-order valence-electron chi connectivity index (χ1n) is 3.23. The Bertz CT molecular complexity index is 220. The minimum Gasteiger partial charge on any atom is -0.481 e. The third-order valence-corrected chi connectivity index (χ3v) is 2.18. The monoisotopic (exact) mass is 192 g/mol. The van der Waals surface area contributed by atoms with Gasteiger partial charge in [-0.25, -0.2) is 0 Å². The molecule has 12 heavy (non-hydrogen) atoms. The smallest absolute Gasteiger partial charge is 0.306 e. The van der Waals surface area contributed by atoms with E-state index in [-0.39, 0.29) is 0 Å². The summed E-state index contributed by atoms with van der Waals surface area (Å²) >= 11 is 5.52. The molecule has 0 saturated heterocycles. The minimum atomic E-state index is -1.88. The fraction of sp³-hybridized carbons (Fsp3) is 0.571. The largest absolute Gasteiger partial charge is 0.481 e. The Kier molecular flexibility index (Phi) is 3.39. The molecule has 0 aliphatic rings. The molecule has 0 aliphatic carbocycles. The van der Waals surface area contributed by atoms with Gasteiger partial charge in [0.15, 0.2) is 16.4 Å². The van der Waals surface area contributed by atoms with E-state index in [0.29, 0.717) is 0 Å². The van der Waals surface area contributed by atoms with Crippen LogP contribution in [0.5, 0.6) is 0 Å². The lowest BCUT2D eigenvalue weighted by molar-refractivity contribution is -0.142. The van der Waals surface area contributed by atoms with Crippen LogP contribution in [0.4, 0.5) is 0 Å². The Morgan fingerprint density at radius 2 is 1.58 bits per heavy atom. The van der Waals surface area contributed by atoms with Crippen molar-refractivity contribution in [1.29, 1.82) is 0 Å². The number of Topliss-reactive ketones (excluding diaryl/α,β-unsaturated/α-hetero) is 2. The molecule has 0 spiro atoms. The minimum absolute atomic E-state index is 0.640. The number of carbonyl (C=O) groups is 3. The predicted octanol–water partition coefficient (Wildman–Crippen LogP) is 0.617. The molecule has 0 saturated carbocycles. The van der Waals surface area contributed by atoms with Crippen LogP contribution in [-0.4, -0.2) is 27.5 Å². The van der Waals surface area contributed by atoms with Crippen molar-refractivity contribution in [2.24, 2.45) is 0 Å². The molecule has 0 rings (SSSR count). The average Bonchev–Trinajstić information content (AvgIpc) is 1.84. The lowest BCUT2D eigenvalue weighted by Crippen LogP contribution is -2.40. The SMILES string of the molecule is CC(=O)C(Cl)(CC(=O)O)C(C)=O. The number of carboxylic acids is 1. The second-order valence-corrected chi connectivity index (χ2v) is 3.13. The van der Waals surface area contributed by atoms with E-state index in [4.69, 9.17) is 16.7 Å². The molecule has 0 radical (unpaired) electrons. The summed E-state index contributed by atoms with van der Waals surface area (Å²) in [6.07, 6.45) is -0.667. The zero-order valence-electron chi connectivity index (χ0n) is 6.76. The van der Waals surface area contributed by atoms with Gasteiger partial charge < -0.3 is 5.11 Å². The molecule has 4 nitrogen and oxygen atoms in total. The van der Waals surface area contributed by atoms with Crippen molar-refractivity contribution in [3.63, 3.8) is 0 Å². The van der Waals surface area contributed by atoms with Crippen LogP contribution in [0.2, 0.25) is 0 Å². The van der Waals surface area contributed by atoms with Crippen molar-refractivity contribution < 1.29 is 19.5 Å². The maximum Gasteiger partial charge on any atom is 0.306 e. The quantitative estimate of drug-likeness (QED) is 0.524. The average molecular weight is 193 g/mol. The molecule has 0 aromatic heterocycles. The number of rotatable bonds is 4. The summed E-state index contributed by atoms with van der Waals surface area (Å²) in [6, 6.07) is 0. The standard InChI is InChI=1S/C7H9ClO4/c1-4(9)7(8,5(2)10)3-6(11)12/h3H2,1-2H3,(H,11,12). The summed E-state index contributed by atoms with van der Waals surface area (Å²) in [5, 5.41) is 8.36. The van der Waals surface area contributed by atoms with Gasteiger partial charge in [0.2, 0.25) is 0 Å². The van der Waals surface area contributed by atoms with E-state index < -0.39 is 28.8 Å². The summed E-state index contributed by atoms with van der Waals surface area (Å²) in [6.45, 7) is 2.19. The normalized spacial score (nSPS) is 10.9. The van der Waals surface area contributed by atoms with E-state index in [2.05, 4.69) is 0 Å². The van der Waals surface area contributed by atoms with Gasteiger partial charge in [0.25, 0.3) is 0 Å². The maximum atomic E-state index is 10.8. The molecular formula is C7H9ClO4. The predicted molar refractivity (Wildman–Crippen MR) is 42.2 cm³/mol. The molecule has 0 aromatic carbocycles. The van der Waals surface area contributed by atoms with Crippen molar-refractivity contribution in [2.75, 3.05) is 0 Å². The van der Waals surface area contributed by atoms with E-state index in [1.54, 1.807) is 0 Å². The van der Waals surface area contributed by atoms with Gasteiger partial charge in [-0.05, 0) is 13.8 Å². The highest BCUT2D eigenvalue weighted by atomic mass is 35.5. The molecule has 0 bridgehead atoms. The molecule has 0 aromatic rings. The highest BCUT2D eigenvalue weighted by molar-refractivity contribution is 6.47. The number of carbonyl (C=O) groups excluding carboxylic acids is 2. The lowest BCUT2D eigenvalue weighted by Gasteiger charge is -2.17. The molecule has 0 unspecified atom stereocenters. The van der Waals surface area contributed by atoms with Crippen LogP contribution in [-0.2, 0) is 14.4 Å². The van der Waals surface area contributed by atoms with Gasteiger partial charge in [-0.3, -0.25) is 14.4 Å². The van der Waals surface area contributed by atoms with E-state index in [0.717, 1.165) is 13.8 Å². The molecule has 5 heteroatoms. The molecule has 0 heterocycles. The molecule has 68 valence electrons. The number of carboxylic acid groups (broad SMARTS) is 1. The Balaban J connectivity index is 4.75. The second kappa shape index (κ2) is 3.67. The zero-order chi connectivity index (χ0) is 9.94. The number of alkyl halides is 1. The van der Waals surface area contributed by atoms with E-state index in [9.17, 15) is 14.4 Å². The van der Waals surface area contributed by atoms with Crippen molar-refractivity contribution in [3.8, 4) is 0 Å². The van der Waals surface area contributed by atoms with Crippen LogP contribution < -0.4 is 0 Å². The molecule has 0 aliphatic heterocycles. The van der Waals surface area contributed by atoms with Crippen LogP contribution in [0.25, 0.3) is 0 Å². The Hall–Kier alpha value is -0.900. The molecular weight excluding hydrogens is 184 g/mol. The summed E-state index contributed by atoms with van der Waals surface area (Å²) in [4.78, 5) is 30.0. The first-order chi connectivity index (χ1) is 5.30. The van der Waals surface area contributed by atoms with E-state index in [1.165, 1.54) is 0 Å². The van der Waals surface area contributed by atoms with Gasteiger partial charge in [0.05, 0.1) is 6.42 Å². The number of hydrogen-bond acceptors (Lipinski definition) is 3. The Morgan fingerprint density at radius 3 is 1.67 bits per heavy atom. The summed E-state index contributed by atoms with van der Waals surface area (Å²) in [7, 11) is 0. The first-order valence-corrected chi connectivity index (χ1v) is 3.61. The van der Waals surface area contributed by atoms with Crippen molar-refractivity contribution in [3.05, 3.63) is 0 Å². The van der Waals surface area contributed by atoms with Crippen LogP contribution in [0.3, 0.4) is 0 Å². The van der Waals surface area contributed by atoms with Crippen LogP contribution >= 0.6 is 11.6 Å². The van der Waals surface area contributed by atoms with E-state index >= 15 is 0 Å². The third kappa shape index (κ3) is 2.30. The van der Waals surface area contributed by atoms with Crippen molar-refractivity contribution >= 4 is 29.1 Å². The highest BCUT2D eigenvalue weighted by Gasteiger charge is 2.40. The fourth-order valence-electron chi connectivity index (χ4n) is 0.705. The van der Waals surface area contributed by atoms with Gasteiger partial charge in [-0.1, -0.05) is 0 Å². The third-order valence-electron chi connectivity index (χ3n) is 1.51. The second-order valence-electron chi connectivity index (χ2n) is 2.48. The summed E-state index contributed by atoms with van der Waals surface area (Å²) < 4.78 is 0. The highest BCUT2D eigenvalue weighted by Crippen LogP contribution is 2.22. The van der Waals surface area contributed by atoms with Crippen LogP contribution in [0.1, 0.15) is 20.3 Å². The van der Waals surface area contributed by atoms with E-state index in [1.807, 2.05) is 0 Å². The van der Waals surface area contributed by atoms with Gasteiger partial charge >= 0.3 is 5.97 Å². The molecule has 0 atom stereocenters. The maximum absolute atomic E-state index is 10.8.